The molecule has 0 saturated heterocycles. The molecule has 2 heterocycles. The highest BCUT2D eigenvalue weighted by Crippen LogP contribution is 2.30. The quantitative estimate of drug-likeness (QED) is 0.337. The number of carbonyl (C=O) groups is 2. The van der Waals surface area contributed by atoms with Crippen LogP contribution >= 0.6 is 0 Å². The van der Waals surface area contributed by atoms with Gasteiger partial charge in [0.05, 0.1) is 36.2 Å². The largest absolute Gasteiger partial charge is 0.496 e. The van der Waals surface area contributed by atoms with Crippen molar-refractivity contribution in [2.24, 2.45) is 0 Å². The van der Waals surface area contributed by atoms with Crippen molar-refractivity contribution in [3.63, 3.8) is 0 Å². The Morgan fingerprint density at radius 1 is 1.03 bits per heavy atom. The summed E-state index contributed by atoms with van der Waals surface area (Å²) in [6.07, 6.45) is 1.56. The number of aromatic nitrogens is 2. The van der Waals surface area contributed by atoms with Gasteiger partial charge in [0.25, 0.3) is 0 Å². The highest BCUT2D eigenvalue weighted by Gasteiger charge is 2.22. The second-order valence-corrected chi connectivity index (χ2v) is 7.09. The van der Waals surface area contributed by atoms with E-state index in [1.165, 1.54) is 0 Å². The molecule has 0 saturated carbocycles. The monoisotopic (exact) mass is 414 g/mol. The molecule has 0 N–H and O–H groups in total. The molecule has 0 aliphatic rings. The average Bonchev–Trinajstić information content (AvgIpc) is 3.18. The minimum atomic E-state index is -0.486. The number of hydrogen-bond donors (Lipinski definition) is 0. The third-order valence-corrected chi connectivity index (χ3v) is 5.09. The van der Waals surface area contributed by atoms with Crippen LogP contribution in [-0.4, -0.2) is 34.9 Å². The molecule has 4 aromatic rings. The van der Waals surface area contributed by atoms with Crippen LogP contribution in [0.15, 0.2) is 67.0 Å². The average molecular weight is 414 g/mol. The third kappa shape index (κ3) is 3.80. The van der Waals surface area contributed by atoms with Crippen molar-refractivity contribution >= 4 is 17.3 Å². The molecule has 2 aromatic carbocycles. The Labute approximate surface area is 180 Å². The summed E-state index contributed by atoms with van der Waals surface area (Å²) in [4.78, 5) is 30.4. The van der Waals surface area contributed by atoms with E-state index in [0.29, 0.717) is 33.8 Å². The number of nitrogens with zero attached hydrogens (tertiary/aromatic N) is 2. The van der Waals surface area contributed by atoms with E-state index < -0.39 is 5.97 Å². The lowest BCUT2D eigenvalue weighted by Gasteiger charge is -2.09. The minimum absolute atomic E-state index is 0.197. The first-order valence-corrected chi connectivity index (χ1v) is 9.96. The Morgan fingerprint density at radius 2 is 1.77 bits per heavy atom. The van der Waals surface area contributed by atoms with Crippen LogP contribution in [-0.2, 0) is 4.74 Å². The Hall–Kier alpha value is -3.93. The number of aryl methyl sites for hydroxylation is 1. The van der Waals surface area contributed by atoms with Gasteiger partial charge in [-0.2, -0.15) is 0 Å². The van der Waals surface area contributed by atoms with Gasteiger partial charge in [-0.3, -0.25) is 9.20 Å². The summed E-state index contributed by atoms with van der Waals surface area (Å²) in [7, 11) is 1.59. The molecule has 6 nitrogen and oxygen atoms in total. The van der Waals surface area contributed by atoms with Crippen LogP contribution < -0.4 is 4.74 Å². The lowest BCUT2D eigenvalue weighted by atomic mass is 10.1. The van der Waals surface area contributed by atoms with Crippen LogP contribution in [0.1, 0.15) is 38.9 Å². The van der Waals surface area contributed by atoms with Gasteiger partial charge >= 0.3 is 5.97 Å². The van der Waals surface area contributed by atoms with Gasteiger partial charge in [0.15, 0.2) is 0 Å². The molecule has 31 heavy (non-hydrogen) atoms. The van der Waals surface area contributed by atoms with E-state index in [0.717, 1.165) is 11.1 Å². The number of para-hydroxylation sites is 1. The fourth-order valence-corrected chi connectivity index (χ4v) is 3.50. The Kier molecular flexibility index (Phi) is 5.54. The Morgan fingerprint density at radius 3 is 2.48 bits per heavy atom. The standard InChI is InChI=1S/C25H22N2O4/c1-4-31-25(29)19-13-22(24(28)17-11-9-16(2)10-12-17)27-15-26-20(14-21(19)27)18-7-5-6-8-23(18)30-3/h5-15H,4H2,1-3H3. The molecule has 0 spiro atoms. The molecule has 0 aliphatic heterocycles. The number of fused-ring (bicyclic) bond motifs is 1. The molecule has 0 bridgehead atoms. The number of ether oxygens (including phenoxy) is 2. The maximum absolute atomic E-state index is 13.2. The van der Waals surface area contributed by atoms with Gasteiger partial charge in [-0.25, -0.2) is 9.78 Å². The zero-order chi connectivity index (χ0) is 22.0. The van der Waals surface area contributed by atoms with Gasteiger partial charge < -0.3 is 9.47 Å². The third-order valence-electron chi connectivity index (χ3n) is 5.09. The second kappa shape index (κ2) is 8.44. The fourth-order valence-electron chi connectivity index (χ4n) is 3.50. The number of rotatable bonds is 6. The van der Waals surface area contributed by atoms with E-state index in [1.807, 2.05) is 43.3 Å². The van der Waals surface area contributed by atoms with E-state index in [9.17, 15) is 9.59 Å². The lowest BCUT2D eigenvalue weighted by Crippen LogP contribution is -2.06. The Balaban J connectivity index is 1.89. The second-order valence-electron chi connectivity index (χ2n) is 7.09. The van der Waals surface area contributed by atoms with E-state index in [2.05, 4.69) is 4.98 Å². The molecule has 0 amide bonds. The van der Waals surface area contributed by atoms with E-state index in [1.54, 1.807) is 49.0 Å². The minimum Gasteiger partial charge on any atom is -0.496 e. The molecule has 0 unspecified atom stereocenters. The SMILES string of the molecule is CCOC(=O)c1cc(C(=O)c2ccc(C)cc2)n2cnc(-c3ccccc3OC)cc12. The zero-order valence-corrected chi connectivity index (χ0v) is 17.6. The molecule has 156 valence electrons. The van der Waals surface area contributed by atoms with Gasteiger partial charge in [0, 0.05) is 11.1 Å². The predicted octanol–water partition coefficient (Wildman–Crippen LogP) is 4.73. The van der Waals surface area contributed by atoms with Gasteiger partial charge in [-0.05, 0) is 38.1 Å². The summed E-state index contributed by atoms with van der Waals surface area (Å²) in [6, 6.07) is 18.2. The summed E-state index contributed by atoms with van der Waals surface area (Å²) in [5.74, 6) is -0.0166. The summed E-state index contributed by atoms with van der Waals surface area (Å²) in [5, 5.41) is 0. The van der Waals surface area contributed by atoms with Gasteiger partial charge in [-0.1, -0.05) is 42.0 Å². The van der Waals surface area contributed by atoms with Crippen molar-refractivity contribution in [1.29, 1.82) is 0 Å². The molecular formula is C25H22N2O4. The summed E-state index contributed by atoms with van der Waals surface area (Å²) in [5.41, 5.74) is 4.22. The van der Waals surface area contributed by atoms with Crippen molar-refractivity contribution in [3.05, 3.63) is 89.4 Å². The zero-order valence-electron chi connectivity index (χ0n) is 17.6. The molecule has 0 fully saturated rings. The Bertz CT molecular complexity index is 1270. The number of esters is 1. The molecule has 0 atom stereocenters. The first-order chi connectivity index (χ1) is 15.0. The number of methoxy groups -OCH3 is 1. The van der Waals surface area contributed by atoms with Crippen LogP contribution in [0.2, 0.25) is 0 Å². The maximum atomic E-state index is 13.2. The van der Waals surface area contributed by atoms with Crippen molar-refractivity contribution in [2.45, 2.75) is 13.8 Å². The van der Waals surface area contributed by atoms with E-state index in [4.69, 9.17) is 9.47 Å². The molecular weight excluding hydrogens is 392 g/mol. The fraction of sp³-hybridized carbons (Fsp3) is 0.160. The van der Waals surface area contributed by atoms with Crippen LogP contribution in [0.5, 0.6) is 5.75 Å². The van der Waals surface area contributed by atoms with Crippen molar-refractivity contribution < 1.29 is 19.1 Å². The van der Waals surface area contributed by atoms with Crippen LogP contribution in [0.25, 0.3) is 16.8 Å². The maximum Gasteiger partial charge on any atom is 0.340 e. The highest BCUT2D eigenvalue weighted by atomic mass is 16.5. The number of benzene rings is 2. The van der Waals surface area contributed by atoms with Crippen molar-refractivity contribution in [2.75, 3.05) is 13.7 Å². The van der Waals surface area contributed by atoms with Crippen molar-refractivity contribution in [1.82, 2.24) is 9.38 Å². The number of hydrogen-bond acceptors (Lipinski definition) is 5. The first kappa shape index (κ1) is 20.3. The summed E-state index contributed by atoms with van der Waals surface area (Å²) in [6.45, 7) is 3.95. The number of ketones is 1. The summed E-state index contributed by atoms with van der Waals surface area (Å²) < 4.78 is 12.3. The van der Waals surface area contributed by atoms with E-state index >= 15 is 0 Å². The molecule has 6 heteroatoms. The molecule has 0 radical (unpaired) electrons. The van der Waals surface area contributed by atoms with Crippen LogP contribution in [0, 0.1) is 6.92 Å². The van der Waals surface area contributed by atoms with Gasteiger partial charge in [0.2, 0.25) is 5.78 Å². The number of carbonyl (C=O) groups excluding carboxylic acids is 2. The first-order valence-electron chi connectivity index (χ1n) is 9.96. The highest BCUT2D eigenvalue weighted by molar-refractivity contribution is 6.11. The van der Waals surface area contributed by atoms with Crippen molar-refractivity contribution in [3.8, 4) is 17.0 Å². The smallest absolute Gasteiger partial charge is 0.340 e. The predicted molar refractivity (Wildman–Crippen MR) is 118 cm³/mol. The van der Waals surface area contributed by atoms with E-state index in [-0.39, 0.29) is 12.4 Å². The lowest BCUT2D eigenvalue weighted by molar-refractivity contribution is 0.0529. The molecule has 2 aromatic heterocycles. The van der Waals surface area contributed by atoms with Gasteiger partial charge in [-0.15, -0.1) is 0 Å². The van der Waals surface area contributed by atoms with Crippen LogP contribution in [0.3, 0.4) is 0 Å². The molecule has 0 aliphatic carbocycles. The topological polar surface area (TPSA) is 69.9 Å². The normalized spacial score (nSPS) is 10.8. The van der Waals surface area contributed by atoms with Gasteiger partial charge in [0.1, 0.15) is 12.1 Å². The molecule has 4 rings (SSSR count). The summed E-state index contributed by atoms with van der Waals surface area (Å²) >= 11 is 0. The van der Waals surface area contributed by atoms with Crippen LogP contribution in [0.4, 0.5) is 0 Å².